The van der Waals surface area contributed by atoms with E-state index in [2.05, 4.69) is 6.92 Å². The van der Waals surface area contributed by atoms with E-state index in [-0.39, 0.29) is 35.9 Å². The number of carboxylic acids is 1. The molecule has 1 aliphatic carbocycles. The molecule has 0 aliphatic heterocycles. The predicted molar refractivity (Wildman–Crippen MR) is 106 cm³/mol. The first-order chi connectivity index (χ1) is 12.7. The molecule has 0 bridgehead atoms. The third kappa shape index (κ3) is 7.97. The minimum atomic E-state index is -0.803. The molecule has 1 fully saturated rings. The van der Waals surface area contributed by atoms with Gasteiger partial charge in [-0.3, -0.25) is 9.59 Å². The van der Waals surface area contributed by atoms with Crippen LogP contribution in [0.2, 0.25) is 0 Å². The van der Waals surface area contributed by atoms with Gasteiger partial charge in [-0.1, -0.05) is 57.9 Å². The molecule has 5 heteroatoms. The van der Waals surface area contributed by atoms with Gasteiger partial charge >= 0.3 is 5.97 Å². The summed E-state index contributed by atoms with van der Waals surface area (Å²) in [6.45, 7) is 6.19. The summed E-state index contributed by atoms with van der Waals surface area (Å²) in [5.41, 5.74) is -0.236. The zero-order valence-electron chi connectivity index (χ0n) is 16.9. The van der Waals surface area contributed by atoms with E-state index in [1.54, 1.807) is 6.08 Å². The summed E-state index contributed by atoms with van der Waals surface area (Å²) in [7, 11) is 0. The topological polar surface area (TPSA) is 94.8 Å². The largest absolute Gasteiger partial charge is 0.481 e. The van der Waals surface area contributed by atoms with Crippen LogP contribution in [0.1, 0.15) is 72.1 Å². The fourth-order valence-corrected chi connectivity index (χ4v) is 3.53. The van der Waals surface area contributed by atoms with Crippen molar-refractivity contribution in [1.82, 2.24) is 0 Å². The summed E-state index contributed by atoms with van der Waals surface area (Å²) < 4.78 is 0. The SMILES string of the molecule is CCCCC(C)(C)[C@H](O)/C=C/[C@H]1[C@H](O)CC(=O)[C@@H]1C/C=C\CCCC(=O)O. The number of unbranched alkanes of at least 4 members (excludes halogenated alkanes) is 2. The third-order valence-corrected chi connectivity index (χ3v) is 5.54. The van der Waals surface area contributed by atoms with Gasteiger partial charge in [0.15, 0.2) is 0 Å². The average molecular weight is 381 g/mol. The maximum absolute atomic E-state index is 12.2. The first-order valence-electron chi connectivity index (χ1n) is 10.1. The second kappa shape index (κ2) is 11.4. The maximum atomic E-state index is 12.2. The molecule has 0 radical (unpaired) electrons. The first-order valence-corrected chi connectivity index (χ1v) is 10.1. The van der Waals surface area contributed by atoms with Crippen LogP contribution in [0.15, 0.2) is 24.3 Å². The smallest absolute Gasteiger partial charge is 0.303 e. The molecular formula is C22H36O5. The van der Waals surface area contributed by atoms with Gasteiger partial charge in [-0.05, 0) is 31.1 Å². The molecule has 4 atom stereocenters. The highest BCUT2D eigenvalue weighted by atomic mass is 16.4. The van der Waals surface area contributed by atoms with Gasteiger partial charge in [0.05, 0.1) is 12.2 Å². The zero-order chi connectivity index (χ0) is 20.4. The maximum Gasteiger partial charge on any atom is 0.303 e. The summed E-state index contributed by atoms with van der Waals surface area (Å²) in [5.74, 6) is -1.31. The van der Waals surface area contributed by atoms with Gasteiger partial charge in [0.25, 0.3) is 0 Å². The molecule has 1 aliphatic rings. The lowest BCUT2D eigenvalue weighted by atomic mass is 9.80. The molecule has 0 heterocycles. The lowest BCUT2D eigenvalue weighted by Gasteiger charge is -2.29. The summed E-state index contributed by atoms with van der Waals surface area (Å²) in [6, 6.07) is 0. The van der Waals surface area contributed by atoms with E-state index in [1.807, 2.05) is 32.1 Å². The Morgan fingerprint density at radius 2 is 2.00 bits per heavy atom. The Balaban J connectivity index is 2.63. The summed E-state index contributed by atoms with van der Waals surface area (Å²) in [4.78, 5) is 22.7. The van der Waals surface area contributed by atoms with E-state index in [4.69, 9.17) is 5.11 Å². The van der Waals surface area contributed by atoms with Crippen molar-refractivity contribution < 1.29 is 24.9 Å². The molecule has 0 aromatic rings. The Kier molecular flexibility index (Phi) is 9.95. The number of carbonyl (C=O) groups excluding carboxylic acids is 1. The number of Topliss-reactive ketones (excluding diaryl/α,β-unsaturated/α-hetero) is 1. The van der Waals surface area contributed by atoms with Crippen LogP contribution in [0.3, 0.4) is 0 Å². The number of carboxylic acid groups (broad SMARTS) is 1. The van der Waals surface area contributed by atoms with Crippen molar-refractivity contribution in [2.24, 2.45) is 17.3 Å². The fraction of sp³-hybridized carbons (Fsp3) is 0.727. The van der Waals surface area contributed by atoms with E-state index < -0.39 is 18.2 Å². The number of aliphatic hydroxyl groups excluding tert-OH is 2. The second-order valence-corrected chi connectivity index (χ2v) is 8.34. The molecule has 0 saturated heterocycles. The molecule has 1 saturated carbocycles. The number of hydrogen-bond acceptors (Lipinski definition) is 4. The number of hydrogen-bond donors (Lipinski definition) is 3. The standard InChI is InChI=1S/C22H36O5/c1-4-5-14-22(2,3)20(25)13-12-17-16(18(23)15-19(17)24)10-8-6-7-9-11-21(26)27/h6,8,12-13,16-17,19-20,24-25H,4-5,7,9-11,14-15H2,1-3H3,(H,26,27)/b8-6-,13-12+/t16-,17-,19-,20-/m1/s1. The minimum Gasteiger partial charge on any atom is -0.481 e. The third-order valence-electron chi connectivity index (χ3n) is 5.54. The van der Waals surface area contributed by atoms with Gasteiger partial charge < -0.3 is 15.3 Å². The van der Waals surface area contributed by atoms with Crippen LogP contribution in [-0.2, 0) is 9.59 Å². The van der Waals surface area contributed by atoms with Gasteiger partial charge in [0.1, 0.15) is 5.78 Å². The van der Waals surface area contributed by atoms with Crippen molar-refractivity contribution >= 4 is 11.8 Å². The molecule has 5 nitrogen and oxygen atoms in total. The highest BCUT2D eigenvalue weighted by Gasteiger charge is 2.39. The highest BCUT2D eigenvalue weighted by molar-refractivity contribution is 5.84. The summed E-state index contributed by atoms with van der Waals surface area (Å²) in [6.07, 6.45) is 11.2. The van der Waals surface area contributed by atoms with E-state index in [9.17, 15) is 19.8 Å². The summed E-state index contributed by atoms with van der Waals surface area (Å²) >= 11 is 0. The monoisotopic (exact) mass is 380 g/mol. The van der Waals surface area contributed by atoms with Gasteiger partial charge in [0, 0.05) is 24.7 Å². The molecule has 0 amide bonds. The number of aliphatic carboxylic acids is 1. The lowest BCUT2D eigenvalue weighted by Crippen LogP contribution is -2.28. The van der Waals surface area contributed by atoms with Crippen LogP contribution >= 0.6 is 0 Å². The highest BCUT2D eigenvalue weighted by Crippen LogP contribution is 2.35. The second-order valence-electron chi connectivity index (χ2n) is 8.34. The Bertz CT molecular complexity index is 535. The zero-order valence-corrected chi connectivity index (χ0v) is 16.9. The van der Waals surface area contributed by atoms with Crippen molar-refractivity contribution in [3.05, 3.63) is 24.3 Å². The van der Waals surface area contributed by atoms with Crippen molar-refractivity contribution in [2.45, 2.75) is 84.3 Å². The number of carbonyl (C=O) groups is 2. The minimum absolute atomic E-state index is 0.0482. The fourth-order valence-electron chi connectivity index (χ4n) is 3.53. The molecule has 154 valence electrons. The molecule has 27 heavy (non-hydrogen) atoms. The van der Waals surface area contributed by atoms with Crippen molar-refractivity contribution in [3.8, 4) is 0 Å². The number of rotatable bonds is 12. The van der Waals surface area contributed by atoms with Crippen molar-refractivity contribution in [1.29, 1.82) is 0 Å². The molecular weight excluding hydrogens is 344 g/mol. The van der Waals surface area contributed by atoms with E-state index in [1.165, 1.54) is 0 Å². The van der Waals surface area contributed by atoms with Gasteiger partial charge in [-0.25, -0.2) is 0 Å². The quantitative estimate of drug-likeness (QED) is 0.353. The molecule has 3 N–H and O–H groups in total. The van der Waals surface area contributed by atoms with Crippen molar-refractivity contribution in [3.63, 3.8) is 0 Å². The summed E-state index contributed by atoms with van der Waals surface area (Å²) in [5, 5.41) is 29.4. The number of ketones is 1. The van der Waals surface area contributed by atoms with Gasteiger partial charge in [0.2, 0.25) is 0 Å². The Hall–Kier alpha value is -1.46. The van der Waals surface area contributed by atoms with Gasteiger partial charge in [-0.2, -0.15) is 0 Å². The molecule has 0 unspecified atom stereocenters. The molecule has 1 rings (SSSR count). The Labute approximate surface area is 163 Å². The number of aliphatic hydroxyl groups is 2. The van der Waals surface area contributed by atoms with E-state index >= 15 is 0 Å². The van der Waals surface area contributed by atoms with E-state index in [0.29, 0.717) is 19.3 Å². The van der Waals surface area contributed by atoms with Crippen LogP contribution in [0, 0.1) is 17.3 Å². The van der Waals surface area contributed by atoms with Crippen LogP contribution in [0.25, 0.3) is 0 Å². The average Bonchev–Trinajstić information content (AvgIpc) is 2.86. The molecule has 0 aromatic heterocycles. The predicted octanol–water partition coefficient (Wildman–Crippen LogP) is 3.89. The van der Waals surface area contributed by atoms with Gasteiger partial charge in [-0.15, -0.1) is 0 Å². The van der Waals surface area contributed by atoms with Crippen molar-refractivity contribution in [2.75, 3.05) is 0 Å². The van der Waals surface area contributed by atoms with Crippen LogP contribution < -0.4 is 0 Å². The van der Waals surface area contributed by atoms with Crippen LogP contribution in [0.4, 0.5) is 0 Å². The first kappa shape index (κ1) is 23.6. The molecule has 0 aromatic carbocycles. The lowest BCUT2D eigenvalue weighted by molar-refractivity contribution is -0.137. The normalized spacial score (nSPS) is 24.9. The Morgan fingerprint density at radius 1 is 1.30 bits per heavy atom. The van der Waals surface area contributed by atoms with Crippen LogP contribution in [0.5, 0.6) is 0 Å². The number of allylic oxidation sites excluding steroid dienone is 2. The molecule has 0 spiro atoms. The van der Waals surface area contributed by atoms with Crippen LogP contribution in [-0.4, -0.2) is 39.3 Å². The Morgan fingerprint density at radius 3 is 2.63 bits per heavy atom. The van der Waals surface area contributed by atoms with E-state index in [0.717, 1.165) is 19.3 Å².